The van der Waals surface area contributed by atoms with Gasteiger partial charge in [0.2, 0.25) is 11.8 Å². The van der Waals surface area contributed by atoms with E-state index in [4.69, 9.17) is 16.3 Å². The number of likely N-dealkylation sites (tertiary alicyclic amines) is 1. The largest absolute Gasteiger partial charge is 0.455 e. The van der Waals surface area contributed by atoms with Gasteiger partial charge >= 0.3 is 5.97 Å². The molecule has 3 fully saturated rings. The molecule has 2 aliphatic carbocycles. The number of amides is 4. The highest BCUT2D eigenvalue weighted by Crippen LogP contribution is 2.56. The number of hydrazine groups is 1. The number of nitrogens with one attached hydrogen (secondary N) is 2. The van der Waals surface area contributed by atoms with Crippen LogP contribution in [0.1, 0.15) is 36.0 Å². The first-order valence-corrected chi connectivity index (χ1v) is 10.6. The molecular formula is C21H22ClN3O6. The molecule has 2 saturated carbocycles. The van der Waals surface area contributed by atoms with Crippen LogP contribution in [0.3, 0.4) is 0 Å². The van der Waals surface area contributed by atoms with Crippen LogP contribution in [0.25, 0.3) is 0 Å². The fraction of sp³-hybridized carbons (Fsp3) is 0.476. The van der Waals surface area contributed by atoms with E-state index >= 15 is 0 Å². The molecule has 4 atom stereocenters. The molecule has 1 aromatic carbocycles. The van der Waals surface area contributed by atoms with Gasteiger partial charge < -0.3 is 4.74 Å². The second-order valence-electron chi connectivity index (χ2n) is 8.11. The van der Waals surface area contributed by atoms with Crippen LogP contribution >= 0.6 is 11.6 Å². The zero-order valence-corrected chi connectivity index (χ0v) is 17.4. The van der Waals surface area contributed by atoms with Gasteiger partial charge in [-0.15, -0.1) is 0 Å². The van der Waals surface area contributed by atoms with Crippen LogP contribution < -0.4 is 10.9 Å². The van der Waals surface area contributed by atoms with E-state index in [9.17, 15) is 24.0 Å². The third kappa shape index (κ3) is 4.14. The lowest BCUT2D eigenvalue weighted by atomic mass is 9.81. The predicted molar refractivity (Wildman–Crippen MR) is 107 cm³/mol. The van der Waals surface area contributed by atoms with Crippen molar-refractivity contribution >= 4 is 41.2 Å². The first-order valence-electron chi connectivity index (χ1n) is 10.2. The molecule has 2 bridgehead atoms. The standard InChI is InChI=1S/C21H22ClN3O6/c22-14-4-2-1-3-13(14)19(28)24-23-15(26)10-31-16(27)7-8-25-20(29)17-11-5-6-12(9-11)18(17)21(25)30/h1-4,11-12,17-18H,5-10H2,(H,23,26)(H,24,28)/t11-,12-,17+,18+/m0/s1. The van der Waals surface area contributed by atoms with E-state index in [0.29, 0.717) is 0 Å². The molecule has 4 rings (SSSR count). The van der Waals surface area contributed by atoms with Crippen molar-refractivity contribution in [1.82, 2.24) is 15.8 Å². The molecule has 4 amide bonds. The SMILES string of the molecule is O=C(COC(=O)CCN1C(=O)[C@@H]2[C@H]3CC[C@@H](C3)[C@H]2C1=O)NNC(=O)c1ccccc1Cl. The van der Waals surface area contributed by atoms with Gasteiger partial charge in [-0.2, -0.15) is 0 Å². The Kier molecular flexibility index (Phi) is 5.95. The minimum absolute atomic E-state index is 0.0478. The number of carbonyl (C=O) groups excluding carboxylic acids is 5. The fourth-order valence-electron chi connectivity index (χ4n) is 4.99. The zero-order valence-electron chi connectivity index (χ0n) is 16.6. The Morgan fingerprint density at radius 3 is 2.32 bits per heavy atom. The zero-order chi connectivity index (χ0) is 22.1. The number of carbonyl (C=O) groups is 5. The third-order valence-corrected chi connectivity index (χ3v) is 6.69. The van der Waals surface area contributed by atoms with Crippen molar-refractivity contribution in [2.45, 2.75) is 25.7 Å². The van der Waals surface area contributed by atoms with Crippen molar-refractivity contribution in [3.63, 3.8) is 0 Å². The lowest BCUT2D eigenvalue weighted by Gasteiger charge is -2.19. The summed E-state index contributed by atoms with van der Waals surface area (Å²) in [4.78, 5) is 62.1. The van der Waals surface area contributed by atoms with E-state index in [-0.39, 0.29) is 59.0 Å². The Morgan fingerprint density at radius 1 is 1.03 bits per heavy atom. The lowest BCUT2D eigenvalue weighted by Crippen LogP contribution is -2.43. The van der Waals surface area contributed by atoms with Crippen molar-refractivity contribution in [1.29, 1.82) is 0 Å². The first kappa shape index (κ1) is 21.3. The molecule has 0 aromatic heterocycles. The molecule has 1 saturated heterocycles. The van der Waals surface area contributed by atoms with Crippen molar-refractivity contribution in [3.8, 4) is 0 Å². The summed E-state index contributed by atoms with van der Waals surface area (Å²) in [7, 11) is 0. The Morgan fingerprint density at radius 2 is 1.68 bits per heavy atom. The molecule has 3 aliphatic rings. The highest BCUT2D eigenvalue weighted by atomic mass is 35.5. The number of hydrogen-bond donors (Lipinski definition) is 2. The Hall–Kier alpha value is -2.94. The molecule has 10 heteroatoms. The smallest absolute Gasteiger partial charge is 0.308 e. The van der Waals surface area contributed by atoms with E-state index < -0.39 is 24.4 Å². The average molecular weight is 448 g/mol. The maximum atomic E-state index is 12.6. The molecule has 0 unspecified atom stereocenters. The molecule has 9 nitrogen and oxygen atoms in total. The summed E-state index contributed by atoms with van der Waals surface area (Å²) in [6.07, 6.45) is 2.74. The molecule has 2 N–H and O–H groups in total. The number of ether oxygens (including phenoxy) is 1. The molecule has 31 heavy (non-hydrogen) atoms. The summed E-state index contributed by atoms with van der Waals surface area (Å²) < 4.78 is 4.87. The average Bonchev–Trinajstić information content (AvgIpc) is 3.43. The molecule has 1 heterocycles. The van der Waals surface area contributed by atoms with Crippen molar-refractivity contribution in [2.75, 3.05) is 13.2 Å². The van der Waals surface area contributed by atoms with Crippen LogP contribution in [0.5, 0.6) is 0 Å². The number of hydrogen-bond acceptors (Lipinski definition) is 6. The highest BCUT2D eigenvalue weighted by molar-refractivity contribution is 6.33. The van der Waals surface area contributed by atoms with E-state index in [1.807, 2.05) is 0 Å². The fourth-order valence-corrected chi connectivity index (χ4v) is 5.21. The summed E-state index contributed by atoms with van der Waals surface area (Å²) in [5.41, 5.74) is 4.48. The number of imide groups is 1. The molecule has 0 spiro atoms. The Balaban J connectivity index is 1.18. The maximum absolute atomic E-state index is 12.6. The number of benzene rings is 1. The third-order valence-electron chi connectivity index (χ3n) is 6.36. The van der Waals surface area contributed by atoms with Gasteiger partial charge in [-0.1, -0.05) is 23.7 Å². The molecular weight excluding hydrogens is 426 g/mol. The number of fused-ring (bicyclic) bond motifs is 5. The van der Waals surface area contributed by atoms with E-state index in [2.05, 4.69) is 10.9 Å². The second kappa shape index (κ2) is 8.66. The molecule has 1 aliphatic heterocycles. The van der Waals surface area contributed by atoms with Crippen molar-refractivity contribution < 1.29 is 28.7 Å². The number of nitrogens with zero attached hydrogens (tertiary/aromatic N) is 1. The van der Waals surface area contributed by atoms with Gasteiger partial charge in [0.05, 0.1) is 28.8 Å². The van der Waals surface area contributed by atoms with Gasteiger partial charge in [-0.05, 0) is 43.2 Å². The lowest BCUT2D eigenvalue weighted by molar-refractivity contribution is -0.150. The number of halogens is 1. The number of esters is 1. The van der Waals surface area contributed by atoms with E-state index in [1.54, 1.807) is 12.1 Å². The van der Waals surface area contributed by atoms with Crippen LogP contribution in [-0.4, -0.2) is 47.6 Å². The van der Waals surface area contributed by atoms with Crippen molar-refractivity contribution in [3.05, 3.63) is 34.9 Å². The van der Waals surface area contributed by atoms with E-state index in [0.717, 1.165) is 19.3 Å². The summed E-state index contributed by atoms with van der Waals surface area (Å²) in [5, 5.41) is 0.226. The Labute approximate surface area is 183 Å². The second-order valence-corrected chi connectivity index (χ2v) is 8.51. The topological polar surface area (TPSA) is 122 Å². The quantitative estimate of drug-likeness (QED) is 0.382. The van der Waals surface area contributed by atoms with Crippen LogP contribution in [0.2, 0.25) is 5.02 Å². The Bertz CT molecular complexity index is 923. The summed E-state index contributed by atoms with van der Waals surface area (Å²) in [6.45, 7) is -0.660. The number of rotatable bonds is 6. The summed E-state index contributed by atoms with van der Waals surface area (Å²) in [6, 6.07) is 6.31. The van der Waals surface area contributed by atoms with E-state index in [1.165, 1.54) is 17.0 Å². The maximum Gasteiger partial charge on any atom is 0.308 e. The van der Waals surface area contributed by atoms with Gasteiger partial charge in [0.25, 0.3) is 11.8 Å². The molecule has 164 valence electrons. The van der Waals surface area contributed by atoms with Crippen LogP contribution in [0.4, 0.5) is 0 Å². The van der Waals surface area contributed by atoms with Crippen LogP contribution in [0, 0.1) is 23.7 Å². The minimum atomic E-state index is -0.742. The van der Waals surface area contributed by atoms with Crippen LogP contribution in [-0.2, 0) is 23.9 Å². The van der Waals surface area contributed by atoms with Crippen LogP contribution in [0.15, 0.2) is 24.3 Å². The highest BCUT2D eigenvalue weighted by Gasteiger charge is 2.60. The predicted octanol–water partition coefficient (Wildman–Crippen LogP) is 1.07. The molecule has 0 radical (unpaired) electrons. The molecule has 1 aromatic rings. The minimum Gasteiger partial charge on any atom is -0.455 e. The van der Waals surface area contributed by atoms with Gasteiger partial charge in [-0.3, -0.25) is 39.7 Å². The summed E-state index contributed by atoms with van der Waals surface area (Å²) in [5.74, 6) is -2.33. The van der Waals surface area contributed by atoms with Gasteiger partial charge in [0.1, 0.15) is 0 Å². The summed E-state index contributed by atoms with van der Waals surface area (Å²) >= 11 is 5.90. The van der Waals surface area contributed by atoms with Gasteiger partial charge in [-0.25, -0.2) is 0 Å². The van der Waals surface area contributed by atoms with Crippen molar-refractivity contribution in [2.24, 2.45) is 23.7 Å². The first-order chi connectivity index (χ1) is 14.9. The normalized spacial score (nSPS) is 26.0. The van der Waals surface area contributed by atoms with Gasteiger partial charge in [0.15, 0.2) is 6.61 Å². The monoisotopic (exact) mass is 447 g/mol. The van der Waals surface area contributed by atoms with Gasteiger partial charge in [0, 0.05) is 6.54 Å².